The Morgan fingerprint density at radius 1 is 1.18 bits per heavy atom. The number of terminal acetylenes is 1. The molecule has 84 valence electrons. The van der Waals surface area contributed by atoms with E-state index in [0.717, 1.165) is 5.69 Å². The minimum atomic E-state index is 0.486. The van der Waals surface area contributed by atoms with Crippen LogP contribution in [0.25, 0.3) is 0 Å². The lowest BCUT2D eigenvalue weighted by molar-refractivity contribution is 0.461. The van der Waals surface area contributed by atoms with E-state index in [0.29, 0.717) is 23.1 Å². The van der Waals surface area contributed by atoms with E-state index in [1.807, 2.05) is 24.3 Å². The molecule has 0 unspecified atom stereocenters. The topological polar surface area (TPSA) is 22.1 Å². The van der Waals surface area contributed by atoms with Gasteiger partial charge in [-0.15, -0.1) is 12.3 Å². The lowest BCUT2D eigenvalue weighted by Gasteiger charge is -2.06. The molecule has 0 fully saturated rings. The standard InChI is InChI=1S/C14H10ClNO/c1-2-6-11-7-5-10-14(16-11)17-13-9-4-3-8-12(13)15/h1,3-5,7-10H,6H2. The third-order valence-electron chi connectivity index (χ3n) is 2.12. The van der Waals surface area contributed by atoms with E-state index in [1.54, 1.807) is 18.2 Å². The van der Waals surface area contributed by atoms with Crippen LogP contribution in [0.15, 0.2) is 42.5 Å². The number of hydrogen-bond acceptors (Lipinski definition) is 2. The van der Waals surface area contributed by atoms with Gasteiger partial charge in [0.05, 0.1) is 17.1 Å². The summed E-state index contributed by atoms with van der Waals surface area (Å²) in [5, 5.41) is 0.552. The maximum absolute atomic E-state index is 5.99. The predicted molar refractivity (Wildman–Crippen MR) is 68.3 cm³/mol. The van der Waals surface area contributed by atoms with Crippen molar-refractivity contribution in [2.75, 3.05) is 0 Å². The van der Waals surface area contributed by atoms with Crippen molar-refractivity contribution >= 4 is 11.6 Å². The first kappa shape index (κ1) is 11.5. The first-order valence-corrected chi connectivity index (χ1v) is 5.49. The van der Waals surface area contributed by atoms with E-state index in [2.05, 4.69) is 10.9 Å². The monoisotopic (exact) mass is 243 g/mol. The zero-order valence-electron chi connectivity index (χ0n) is 9.06. The van der Waals surface area contributed by atoms with Gasteiger partial charge in [-0.05, 0) is 18.2 Å². The summed E-state index contributed by atoms with van der Waals surface area (Å²) in [6.07, 6.45) is 5.72. The van der Waals surface area contributed by atoms with Gasteiger partial charge < -0.3 is 4.74 Å². The highest BCUT2D eigenvalue weighted by molar-refractivity contribution is 6.32. The molecule has 0 saturated heterocycles. The fourth-order valence-corrected chi connectivity index (χ4v) is 1.53. The highest BCUT2D eigenvalue weighted by Gasteiger charge is 2.03. The smallest absolute Gasteiger partial charge is 0.219 e. The summed E-state index contributed by atoms with van der Waals surface area (Å²) in [5.74, 6) is 3.62. The van der Waals surface area contributed by atoms with Crippen molar-refractivity contribution in [2.45, 2.75) is 6.42 Å². The first-order chi connectivity index (χ1) is 8.29. The van der Waals surface area contributed by atoms with Gasteiger partial charge in [-0.2, -0.15) is 0 Å². The molecule has 0 aliphatic rings. The average Bonchev–Trinajstić information content (AvgIpc) is 2.33. The van der Waals surface area contributed by atoms with Crippen LogP contribution in [0, 0.1) is 12.3 Å². The summed E-state index contributed by atoms with van der Waals surface area (Å²) in [6, 6.07) is 12.7. The zero-order chi connectivity index (χ0) is 12.1. The molecule has 0 aliphatic heterocycles. The average molecular weight is 244 g/mol. The summed E-state index contributed by atoms with van der Waals surface area (Å²) in [4.78, 5) is 4.28. The Balaban J connectivity index is 2.22. The first-order valence-electron chi connectivity index (χ1n) is 5.11. The molecule has 1 aromatic carbocycles. The molecule has 0 N–H and O–H groups in total. The van der Waals surface area contributed by atoms with Gasteiger partial charge in [-0.1, -0.05) is 29.8 Å². The maximum atomic E-state index is 5.99. The molecule has 0 radical (unpaired) electrons. The number of aromatic nitrogens is 1. The van der Waals surface area contributed by atoms with E-state index in [4.69, 9.17) is 22.8 Å². The van der Waals surface area contributed by atoms with E-state index in [-0.39, 0.29) is 0 Å². The third kappa shape index (κ3) is 2.99. The molecule has 2 rings (SSSR count). The Labute approximate surface area is 105 Å². The molecule has 0 bridgehead atoms. The molecule has 2 aromatic rings. The number of pyridine rings is 1. The van der Waals surface area contributed by atoms with Gasteiger partial charge in [0.25, 0.3) is 0 Å². The Hall–Kier alpha value is -1.98. The molecule has 0 aliphatic carbocycles. The van der Waals surface area contributed by atoms with Crippen LogP contribution in [-0.4, -0.2) is 4.98 Å². The second-order valence-corrected chi connectivity index (χ2v) is 3.79. The van der Waals surface area contributed by atoms with Crippen molar-refractivity contribution in [2.24, 2.45) is 0 Å². The summed E-state index contributed by atoms with van der Waals surface area (Å²) in [5.41, 5.74) is 0.803. The van der Waals surface area contributed by atoms with Crippen LogP contribution in [0.2, 0.25) is 5.02 Å². The minimum Gasteiger partial charge on any atom is -0.437 e. The van der Waals surface area contributed by atoms with Gasteiger partial charge >= 0.3 is 0 Å². The fourth-order valence-electron chi connectivity index (χ4n) is 1.36. The molecule has 17 heavy (non-hydrogen) atoms. The van der Waals surface area contributed by atoms with Gasteiger partial charge in [-0.3, -0.25) is 0 Å². The Bertz CT molecular complexity index is 560. The van der Waals surface area contributed by atoms with Gasteiger partial charge in [-0.25, -0.2) is 4.98 Å². The molecular weight excluding hydrogens is 234 g/mol. The van der Waals surface area contributed by atoms with Crippen LogP contribution in [0.1, 0.15) is 5.69 Å². The Morgan fingerprint density at radius 3 is 2.76 bits per heavy atom. The summed E-state index contributed by atoms with van der Waals surface area (Å²) in [6.45, 7) is 0. The van der Waals surface area contributed by atoms with E-state index in [1.165, 1.54) is 0 Å². The fraction of sp³-hybridized carbons (Fsp3) is 0.0714. The number of para-hydroxylation sites is 1. The highest BCUT2D eigenvalue weighted by Crippen LogP contribution is 2.27. The van der Waals surface area contributed by atoms with Gasteiger partial charge in [0.2, 0.25) is 5.88 Å². The van der Waals surface area contributed by atoms with Crippen LogP contribution in [0.4, 0.5) is 0 Å². The Morgan fingerprint density at radius 2 is 2.00 bits per heavy atom. The number of nitrogens with zero attached hydrogens (tertiary/aromatic N) is 1. The number of benzene rings is 1. The van der Waals surface area contributed by atoms with E-state index in [9.17, 15) is 0 Å². The number of halogens is 1. The van der Waals surface area contributed by atoms with Crippen molar-refractivity contribution in [1.82, 2.24) is 4.98 Å². The van der Waals surface area contributed by atoms with Crippen molar-refractivity contribution in [3.05, 3.63) is 53.2 Å². The molecule has 1 aromatic heterocycles. The van der Waals surface area contributed by atoms with Crippen LogP contribution < -0.4 is 4.74 Å². The number of ether oxygens (including phenoxy) is 1. The van der Waals surface area contributed by atoms with E-state index >= 15 is 0 Å². The van der Waals surface area contributed by atoms with Crippen LogP contribution in [0.3, 0.4) is 0 Å². The largest absolute Gasteiger partial charge is 0.437 e. The van der Waals surface area contributed by atoms with Gasteiger partial charge in [0.1, 0.15) is 5.75 Å². The van der Waals surface area contributed by atoms with Crippen LogP contribution in [0.5, 0.6) is 11.6 Å². The molecule has 1 heterocycles. The van der Waals surface area contributed by atoms with Crippen molar-refractivity contribution in [1.29, 1.82) is 0 Å². The van der Waals surface area contributed by atoms with Crippen molar-refractivity contribution < 1.29 is 4.74 Å². The summed E-state index contributed by atoms with van der Waals surface area (Å²) < 4.78 is 5.58. The number of hydrogen-bond donors (Lipinski definition) is 0. The summed E-state index contributed by atoms with van der Waals surface area (Å²) in [7, 11) is 0. The van der Waals surface area contributed by atoms with Crippen molar-refractivity contribution in [3.63, 3.8) is 0 Å². The number of rotatable bonds is 3. The lowest BCUT2D eigenvalue weighted by atomic mass is 10.3. The minimum absolute atomic E-state index is 0.486. The zero-order valence-corrected chi connectivity index (χ0v) is 9.82. The van der Waals surface area contributed by atoms with Crippen molar-refractivity contribution in [3.8, 4) is 24.0 Å². The van der Waals surface area contributed by atoms with E-state index < -0.39 is 0 Å². The van der Waals surface area contributed by atoms with Crippen LogP contribution in [-0.2, 0) is 6.42 Å². The second-order valence-electron chi connectivity index (χ2n) is 3.38. The van der Waals surface area contributed by atoms with Crippen LogP contribution >= 0.6 is 11.6 Å². The SMILES string of the molecule is C#CCc1cccc(Oc2ccccc2Cl)n1. The molecular formula is C14H10ClNO. The summed E-state index contributed by atoms with van der Waals surface area (Å²) >= 11 is 5.99. The highest BCUT2D eigenvalue weighted by atomic mass is 35.5. The predicted octanol–water partition coefficient (Wildman–Crippen LogP) is 3.70. The normalized spacial score (nSPS) is 9.65. The van der Waals surface area contributed by atoms with Gasteiger partial charge in [0.15, 0.2) is 0 Å². The molecule has 0 spiro atoms. The second kappa shape index (κ2) is 5.38. The molecule has 0 atom stereocenters. The Kier molecular flexibility index (Phi) is 3.64. The molecule has 0 amide bonds. The molecule has 3 heteroatoms. The lowest BCUT2D eigenvalue weighted by Crippen LogP contribution is -1.92. The maximum Gasteiger partial charge on any atom is 0.219 e. The molecule has 2 nitrogen and oxygen atoms in total. The quantitative estimate of drug-likeness (QED) is 0.767. The van der Waals surface area contributed by atoms with Gasteiger partial charge in [0, 0.05) is 6.07 Å². The molecule has 0 saturated carbocycles. The third-order valence-corrected chi connectivity index (χ3v) is 2.43.